The van der Waals surface area contributed by atoms with E-state index >= 15 is 0 Å². The van der Waals surface area contributed by atoms with Gasteiger partial charge in [-0.15, -0.1) is 0 Å². The van der Waals surface area contributed by atoms with E-state index in [4.69, 9.17) is 0 Å². The van der Waals surface area contributed by atoms with Crippen molar-refractivity contribution in [1.29, 1.82) is 0 Å². The second kappa shape index (κ2) is 7.58. The lowest BCUT2D eigenvalue weighted by Gasteiger charge is -2.32. The molecule has 1 atom stereocenters. The molecule has 25 heavy (non-hydrogen) atoms. The van der Waals surface area contributed by atoms with Crippen LogP contribution in [0, 0.1) is 17.6 Å². The van der Waals surface area contributed by atoms with E-state index in [-0.39, 0.29) is 10.8 Å². The summed E-state index contributed by atoms with van der Waals surface area (Å²) in [4.78, 5) is 4.07. The van der Waals surface area contributed by atoms with Gasteiger partial charge in [-0.1, -0.05) is 6.07 Å². The monoisotopic (exact) mass is 366 g/mol. The molecule has 1 fully saturated rings. The molecule has 1 aromatic carbocycles. The third-order valence-corrected chi connectivity index (χ3v) is 6.44. The Balaban J connectivity index is 1.65. The van der Waals surface area contributed by atoms with E-state index < -0.39 is 21.7 Å². The van der Waals surface area contributed by atoms with Gasteiger partial charge < -0.3 is 0 Å². The van der Waals surface area contributed by atoms with E-state index in [1.165, 1.54) is 28.8 Å². The summed E-state index contributed by atoms with van der Waals surface area (Å²) in [6, 6.07) is 6.73. The molecular formula is C18H20F2N2O2S. The highest BCUT2D eigenvalue weighted by Gasteiger charge is 2.30. The van der Waals surface area contributed by atoms with Gasteiger partial charge in [0.05, 0.1) is 0 Å². The predicted octanol–water partition coefficient (Wildman–Crippen LogP) is 3.39. The number of piperidine rings is 1. The van der Waals surface area contributed by atoms with Crippen molar-refractivity contribution >= 4 is 10.0 Å². The molecule has 1 aromatic heterocycles. The Morgan fingerprint density at radius 2 is 2.08 bits per heavy atom. The normalized spacial score (nSPS) is 19.0. The van der Waals surface area contributed by atoms with Crippen molar-refractivity contribution in [2.45, 2.75) is 30.6 Å². The molecule has 0 unspecified atom stereocenters. The van der Waals surface area contributed by atoms with E-state index in [0.29, 0.717) is 31.5 Å². The number of rotatable bonds is 5. The fraction of sp³-hybridized carbons (Fsp3) is 0.389. The van der Waals surface area contributed by atoms with Crippen molar-refractivity contribution in [3.8, 4) is 0 Å². The van der Waals surface area contributed by atoms with Crippen LogP contribution in [0.1, 0.15) is 24.8 Å². The number of halogens is 2. The van der Waals surface area contributed by atoms with Gasteiger partial charge in [-0.25, -0.2) is 17.2 Å². The standard InChI is InChI=1S/C18H20F2N2O2S/c19-16-8-7-15(18(20)11-16)6-5-14-3-2-10-22(13-14)25(23,24)17-4-1-9-21-12-17/h1,4,7-9,11-12,14H,2-3,5-6,10,13H2/t14-/m0/s1. The van der Waals surface area contributed by atoms with Crippen molar-refractivity contribution in [2.75, 3.05) is 13.1 Å². The molecule has 1 aliphatic rings. The minimum Gasteiger partial charge on any atom is -0.263 e. The minimum absolute atomic E-state index is 0.157. The van der Waals surface area contributed by atoms with Crippen molar-refractivity contribution in [3.63, 3.8) is 0 Å². The molecule has 1 aliphatic heterocycles. The van der Waals surface area contributed by atoms with Crippen LogP contribution in [-0.2, 0) is 16.4 Å². The zero-order valence-electron chi connectivity index (χ0n) is 13.7. The molecule has 0 bridgehead atoms. The summed E-state index contributed by atoms with van der Waals surface area (Å²) in [7, 11) is -3.54. The van der Waals surface area contributed by atoms with Gasteiger partial charge in [0.25, 0.3) is 0 Å². The maximum Gasteiger partial charge on any atom is 0.244 e. The lowest BCUT2D eigenvalue weighted by atomic mass is 9.92. The summed E-state index contributed by atoms with van der Waals surface area (Å²) in [6.07, 6.45) is 5.71. The van der Waals surface area contributed by atoms with E-state index in [9.17, 15) is 17.2 Å². The number of sulfonamides is 1. The van der Waals surface area contributed by atoms with Crippen LogP contribution >= 0.6 is 0 Å². The largest absolute Gasteiger partial charge is 0.263 e. The Morgan fingerprint density at radius 1 is 1.24 bits per heavy atom. The lowest BCUT2D eigenvalue weighted by molar-refractivity contribution is 0.255. The third-order valence-electron chi connectivity index (χ3n) is 4.59. The van der Waals surface area contributed by atoms with E-state index in [2.05, 4.69) is 4.98 Å². The van der Waals surface area contributed by atoms with Gasteiger partial charge in [0.15, 0.2) is 0 Å². The average Bonchev–Trinajstić information content (AvgIpc) is 2.62. The number of aryl methyl sites for hydroxylation is 1. The maximum absolute atomic E-state index is 13.7. The quantitative estimate of drug-likeness (QED) is 0.815. The van der Waals surface area contributed by atoms with Crippen LogP contribution < -0.4 is 0 Å². The molecule has 3 rings (SSSR count). The van der Waals surface area contributed by atoms with Gasteiger partial charge >= 0.3 is 0 Å². The van der Waals surface area contributed by atoms with E-state index in [1.54, 1.807) is 12.1 Å². The molecule has 4 nitrogen and oxygen atoms in total. The Labute approximate surface area is 146 Å². The first-order chi connectivity index (χ1) is 12.0. The van der Waals surface area contributed by atoms with E-state index in [0.717, 1.165) is 18.9 Å². The van der Waals surface area contributed by atoms with E-state index in [1.807, 2.05) is 0 Å². The Hall–Kier alpha value is -1.86. The highest BCUT2D eigenvalue weighted by Crippen LogP contribution is 2.26. The molecule has 0 saturated carbocycles. The zero-order valence-corrected chi connectivity index (χ0v) is 14.6. The predicted molar refractivity (Wildman–Crippen MR) is 90.4 cm³/mol. The molecule has 0 radical (unpaired) electrons. The van der Waals surface area contributed by atoms with Gasteiger partial charge in [-0.2, -0.15) is 4.31 Å². The van der Waals surface area contributed by atoms with Crippen LogP contribution in [0.15, 0.2) is 47.6 Å². The van der Waals surface area contributed by atoms with Crippen molar-refractivity contribution in [1.82, 2.24) is 9.29 Å². The molecule has 1 saturated heterocycles. The van der Waals surface area contributed by atoms with Crippen LogP contribution in [0.2, 0.25) is 0 Å². The molecule has 0 aliphatic carbocycles. The highest BCUT2D eigenvalue weighted by molar-refractivity contribution is 7.89. The summed E-state index contributed by atoms with van der Waals surface area (Å²) < 4.78 is 53.6. The Bertz CT molecular complexity index is 828. The van der Waals surface area contributed by atoms with Crippen LogP contribution in [0.3, 0.4) is 0 Å². The number of benzene rings is 1. The fourth-order valence-electron chi connectivity index (χ4n) is 3.21. The van der Waals surface area contributed by atoms with Crippen LogP contribution in [-0.4, -0.2) is 30.8 Å². The third kappa shape index (κ3) is 4.22. The Kier molecular flexibility index (Phi) is 5.44. The van der Waals surface area contributed by atoms with Crippen LogP contribution in [0.25, 0.3) is 0 Å². The summed E-state index contributed by atoms with van der Waals surface area (Å²) >= 11 is 0. The Morgan fingerprint density at radius 3 is 2.80 bits per heavy atom. The SMILES string of the molecule is O=S(=O)(c1cccnc1)N1CCC[C@@H](CCc2ccc(F)cc2F)C1. The summed E-state index contributed by atoms with van der Waals surface area (Å²) in [5.41, 5.74) is 0.466. The first-order valence-corrected chi connectivity index (χ1v) is 9.75. The molecule has 0 N–H and O–H groups in total. The summed E-state index contributed by atoms with van der Waals surface area (Å²) in [5.74, 6) is -0.979. The number of nitrogens with zero attached hydrogens (tertiary/aromatic N) is 2. The number of hydrogen-bond acceptors (Lipinski definition) is 3. The minimum atomic E-state index is -3.54. The van der Waals surface area contributed by atoms with Crippen molar-refractivity contribution in [3.05, 3.63) is 59.9 Å². The maximum atomic E-state index is 13.7. The smallest absolute Gasteiger partial charge is 0.244 e. The zero-order chi connectivity index (χ0) is 17.9. The second-order valence-corrected chi connectivity index (χ2v) is 8.27. The van der Waals surface area contributed by atoms with Gasteiger partial charge in [0.2, 0.25) is 10.0 Å². The van der Waals surface area contributed by atoms with Gasteiger partial charge in [0.1, 0.15) is 16.5 Å². The average molecular weight is 366 g/mol. The van der Waals surface area contributed by atoms with Gasteiger partial charge in [-0.3, -0.25) is 4.98 Å². The first-order valence-electron chi connectivity index (χ1n) is 8.31. The molecule has 7 heteroatoms. The van der Waals surface area contributed by atoms with Crippen molar-refractivity contribution < 1.29 is 17.2 Å². The summed E-state index contributed by atoms with van der Waals surface area (Å²) in [6.45, 7) is 0.901. The number of aromatic nitrogens is 1. The molecular weight excluding hydrogens is 346 g/mol. The highest BCUT2D eigenvalue weighted by atomic mass is 32.2. The number of pyridine rings is 1. The molecule has 134 valence electrons. The van der Waals surface area contributed by atoms with Gasteiger partial charge in [0, 0.05) is 31.5 Å². The molecule has 0 spiro atoms. The molecule has 2 heterocycles. The second-order valence-electron chi connectivity index (χ2n) is 6.33. The lowest BCUT2D eigenvalue weighted by Crippen LogP contribution is -2.40. The van der Waals surface area contributed by atoms with Crippen LogP contribution in [0.4, 0.5) is 8.78 Å². The van der Waals surface area contributed by atoms with Crippen molar-refractivity contribution in [2.24, 2.45) is 5.92 Å². The molecule has 2 aromatic rings. The molecule has 0 amide bonds. The van der Waals surface area contributed by atoms with Gasteiger partial charge in [-0.05, 0) is 55.4 Å². The first kappa shape index (κ1) is 17.9. The van der Waals surface area contributed by atoms with Crippen LogP contribution in [0.5, 0.6) is 0 Å². The fourth-order valence-corrected chi connectivity index (χ4v) is 4.73. The topological polar surface area (TPSA) is 50.3 Å². The summed E-state index contributed by atoms with van der Waals surface area (Å²) in [5, 5.41) is 0. The number of hydrogen-bond donors (Lipinski definition) is 0.